The highest BCUT2D eigenvalue weighted by molar-refractivity contribution is 5.83. The third-order valence-corrected chi connectivity index (χ3v) is 17.9. The van der Waals surface area contributed by atoms with Gasteiger partial charge in [-0.3, -0.25) is 47.8 Å². The molecule has 0 radical (unpaired) electrons. The summed E-state index contributed by atoms with van der Waals surface area (Å²) in [5.41, 5.74) is 31.8. The lowest BCUT2D eigenvalue weighted by Gasteiger charge is -2.21. The second kappa shape index (κ2) is 36.0. The van der Waals surface area contributed by atoms with Gasteiger partial charge in [-0.1, -0.05) is 36.4 Å². The molecule has 0 saturated heterocycles. The van der Waals surface area contributed by atoms with E-state index in [0.29, 0.717) is 60.4 Å². The average Bonchev–Trinajstić information content (AvgIpc) is 1.64. The summed E-state index contributed by atoms with van der Waals surface area (Å²) < 4.78 is 138. The van der Waals surface area contributed by atoms with Gasteiger partial charge in [0.25, 0.3) is 0 Å². The van der Waals surface area contributed by atoms with Crippen molar-refractivity contribution in [2.75, 3.05) is 0 Å². The van der Waals surface area contributed by atoms with Crippen LogP contribution in [0.1, 0.15) is 98.5 Å². The van der Waals surface area contributed by atoms with Crippen molar-refractivity contribution in [1.82, 2.24) is 34.0 Å². The van der Waals surface area contributed by atoms with Gasteiger partial charge in [0.2, 0.25) is 29.5 Å². The van der Waals surface area contributed by atoms with Crippen LogP contribution in [0, 0.1) is 11.8 Å². The third kappa shape index (κ3) is 21.7. The van der Waals surface area contributed by atoms with Crippen LogP contribution in [-0.4, -0.2) is 75.3 Å². The van der Waals surface area contributed by atoms with Crippen molar-refractivity contribution < 1.29 is 87.6 Å². The molecule has 9 aromatic carbocycles. The molecule has 4 atom stereocenters. The fourth-order valence-corrected chi connectivity index (χ4v) is 12.3. The first-order valence-corrected chi connectivity index (χ1v) is 35.0. The van der Waals surface area contributed by atoms with E-state index in [0.717, 1.165) is 86.6 Å². The molecule has 22 nitrogen and oxygen atoms in total. The number of halogens is 9. The molecule has 5 amide bonds. The van der Waals surface area contributed by atoms with Gasteiger partial charge in [0.05, 0.1) is 61.9 Å². The first kappa shape index (κ1) is 81.5. The number of carboxylic acids is 1. The van der Waals surface area contributed by atoms with Gasteiger partial charge in [0.1, 0.15) is 52.0 Å². The molecule has 12 N–H and O–H groups in total. The quantitative estimate of drug-likeness (QED) is 0.0206. The number of nitrogens with zero attached hydrogens (tertiary/aromatic N) is 6. The zero-order valence-corrected chi connectivity index (χ0v) is 59.8. The van der Waals surface area contributed by atoms with Crippen LogP contribution in [0.3, 0.4) is 0 Å². The molecule has 0 saturated carbocycles. The van der Waals surface area contributed by atoms with E-state index in [-0.39, 0.29) is 55.8 Å². The van der Waals surface area contributed by atoms with Crippen molar-refractivity contribution in [3.63, 3.8) is 0 Å². The van der Waals surface area contributed by atoms with Gasteiger partial charge < -0.3 is 48.0 Å². The summed E-state index contributed by atoms with van der Waals surface area (Å²) in [6, 6.07) is 55.8. The summed E-state index contributed by atoms with van der Waals surface area (Å²) >= 11 is 0. The van der Waals surface area contributed by atoms with E-state index in [9.17, 15) is 68.3 Å². The topological polar surface area (TPSA) is 346 Å². The number of alkyl halides is 9. The maximum atomic E-state index is 12.8. The number of carboxylic acid groups (broad SMARTS) is 1. The number of aliphatic carboxylic acids is 1. The maximum absolute atomic E-state index is 12.8. The summed E-state index contributed by atoms with van der Waals surface area (Å²) in [6.07, 6.45) is -11.1. The zero-order chi connectivity index (χ0) is 80.6. The Bertz CT molecular complexity index is 5050. The molecule has 112 heavy (non-hydrogen) atoms. The molecule has 0 spiro atoms. The number of nitrogens with two attached hydrogens (primary N) is 5. The monoisotopic (exact) mass is 1550 g/mol. The first-order chi connectivity index (χ1) is 53.3. The number of rotatable bonds is 30. The van der Waals surface area contributed by atoms with Crippen LogP contribution in [0.2, 0.25) is 0 Å². The van der Waals surface area contributed by atoms with E-state index in [1.807, 2.05) is 106 Å². The van der Waals surface area contributed by atoms with Gasteiger partial charge in [0.15, 0.2) is 0 Å². The van der Waals surface area contributed by atoms with E-state index in [1.165, 1.54) is 36.4 Å². The largest absolute Gasteiger partial charge is 0.481 e. The number of amides is 5. The molecular formula is C81H75F9N12O10. The van der Waals surface area contributed by atoms with E-state index >= 15 is 0 Å². The van der Waals surface area contributed by atoms with E-state index in [2.05, 4.69) is 5.32 Å². The van der Waals surface area contributed by atoms with Crippen LogP contribution in [0.25, 0.3) is 50.2 Å². The highest BCUT2D eigenvalue weighted by Gasteiger charge is 2.33. The Hall–Kier alpha value is -13.1. The van der Waals surface area contributed by atoms with Crippen molar-refractivity contribution in [2.24, 2.45) is 40.5 Å². The Kier molecular flexibility index (Phi) is 26.2. The summed E-state index contributed by atoms with van der Waals surface area (Å²) in [5.74, 6) is -0.613. The number of nitrogens with one attached hydrogen (secondary N) is 1. The molecule has 3 aromatic heterocycles. The first-order valence-electron chi connectivity index (χ1n) is 35.0. The molecule has 12 aromatic rings. The number of primary amides is 5. The number of hydrogen-bond acceptors (Lipinski definition) is 13. The lowest BCUT2D eigenvalue weighted by Crippen LogP contribution is -2.43. The van der Waals surface area contributed by atoms with Gasteiger partial charge in [0, 0.05) is 61.0 Å². The Balaban J connectivity index is 0.000000178. The Labute approximate surface area is 633 Å². The van der Waals surface area contributed by atoms with E-state index < -0.39 is 94.6 Å². The van der Waals surface area contributed by atoms with Crippen LogP contribution in [0.15, 0.2) is 218 Å². The fourth-order valence-electron chi connectivity index (χ4n) is 12.3. The molecule has 3 heterocycles. The number of imidazole rings is 3. The third-order valence-electron chi connectivity index (χ3n) is 17.9. The fraction of sp³-hybridized carbons (Fsp3) is 0.222. The maximum Gasteiger partial charge on any atom is 0.416 e. The van der Waals surface area contributed by atoms with Crippen LogP contribution < -0.4 is 48.2 Å². The summed E-state index contributed by atoms with van der Waals surface area (Å²) in [7, 11) is 0. The normalized spacial score (nSPS) is 12.7. The summed E-state index contributed by atoms with van der Waals surface area (Å²) in [4.78, 5) is 83.2. The van der Waals surface area contributed by atoms with Gasteiger partial charge >= 0.3 is 24.5 Å². The number of para-hydroxylation sites is 6. The van der Waals surface area contributed by atoms with Crippen molar-refractivity contribution >= 4 is 68.6 Å². The molecule has 4 unspecified atom stereocenters. The number of carbonyl (C=O) groups is 6. The molecule has 0 fully saturated rings. The Morgan fingerprint density at radius 3 is 0.991 bits per heavy atom. The molecule has 0 aliphatic carbocycles. The minimum absolute atomic E-state index is 0.00410. The Morgan fingerprint density at radius 1 is 0.384 bits per heavy atom. The van der Waals surface area contributed by atoms with Gasteiger partial charge in [-0.05, 0) is 221 Å². The van der Waals surface area contributed by atoms with Crippen molar-refractivity contribution in [3.8, 4) is 51.6 Å². The van der Waals surface area contributed by atoms with Gasteiger partial charge in [-0.15, -0.1) is 0 Å². The van der Waals surface area contributed by atoms with Gasteiger partial charge in [-0.25, -0.2) is 15.0 Å². The smallest absolute Gasteiger partial charge is 0.416 e. The van der Waals surface area contributed by atoms with Crippen LogP contribution in [0.5, 0.6) is 34.5 Å². The number of carbonyl (C=O) groups excluding carboxylic acids is 5. The van der Waals surface area contributed by atoms with Crippen LogP contribution in [-0.2, 0) is 60.1 Å². The lowest BCUT2D eigenvalue weighted by molar-refractivity contribution is -0.138. The molecule has 31 heteroatoms. The Morgan fingerprint density at radius 2 is 0.679 bits per heavy atom. The molecule has 0 aliphatic heterocycles. The number of benzene rings is 9. The van der Waals surface area contributed by atoms with E-state index in [1.54, 1.807) is 60.7 Å². The number of aryl methyl sites for hydroxylation is 2. The lowest BCUT2D eigenvalue weighted by atomic mass is 9.96. The zero-order valence-electron chi connectivity index (χ0n) is 59.8. The highest BCUT2D eigenvalue weighted by atomic mass is 19.4. The standard InChI is InChI=1S/C27H26F3N5O3.C27H25F3N4O3.C27H24F3N3O4/c1-16(33-22(25(32)37)14-15-24(31)36)26-34-21-4-2-3-5-23(21)35(26)18-8-12-20(13-9-18)38-19-10-6-17(7-11-19)27(28,29)30;28-27(29,30)18-7-11-20(12-8-18)37-21-13-9-19(10-14-21)34-23-4-2-1-3-22(23)33-25(34)16-6-17(26(32)36)5-15-24(31)35;28-27(29,30)18-7-11-20(12-8-18)37-21-13-9-19(10-14-21)33-23-4-2-1-3-22(23)32-24(33)15-5-17(26(31)36)6-16-25(34)35/h2-13,16,22,33H,14-15H2,1H3,(H2,31,36)(H2,32,37);1-4,7-14,17H,5-6,15-16H2,(H2,31,35)(H2,32,36);1-4,7-14,17H,5-6,15-16H2,(H2,31,36)(H,34,35). The van der Waals surface area contributed by atoms with Gasteiger partial charge in [-0.2, -0.15) is 39.5 Å². The molecule has 0 aliphatic rings. The number of ether oxygens (including phenoxy) is 3. The second-order valence-electron chi connectivity index (χ2n) is 25.9. The molecular weight excluding hydrogens is 1470 g/mol. The van der Waals surface area contributed by atoms with Crippen molar-refractivity contribution in [2.45, 2.75) is 102 Å². The van der Waals surface area contributed by atoms with Crippen molar-refractivity contribution in [3.05, 3.63) is 253 Å². The number of aromatic nitrogens is 6. The number of hydrogen-bond donors (Lipinski definition) is 7. The van der Waals surface area contributed by atoms with Crippen molar-refractivity contribution in [1.29, 1.82) is 0 Å². The molecule has 0 bridgehead atoms. The van der Waals surface area contributed by atoms with E-state index in [4.69, 9.17) is 62.9 Å². The highest BCUT2D eigenvalue weighted by Crippen LogP contribution is 2.37. The SMILES string of the molecule is CC(NC(CCC(N)=O)C(N)=O)c1nc2ccccc2n1-c1ccc(Oc2ccc(C(F)(F)F)cc2)cc1.NC(=O)C(CCC(=O)O)CCc1nc2ccccc2n1-c1ccc(Oc2ccc(C(F)(F)F)cc2)cc1.NC(=O)CCC(CCc1nc2ccccc2n1-c1ccc(Oc2ccc(C(F)(F)F)cc2)cc1)C(N)=O. The molecule has 12 rings (SSSR count). The molecule has 582 valence electrons. The average molecular weight is 1550 g/mol. The predicted molar refractivity (Wildman–Crippen MR) is 398 cm³/mol. The number of fused-ring (bicyclic) bond motifs is 3. The summed E-state index contributed by atoms with van der Waals surface area (Å²) in [5, 5.41) is 12.1. The minimum atomic E-state index is -4.42. The predicted octanol–water partition coefficient (Wildman–Crippen LogP) is 15.5. The minimum Gasteiger partial charge on any atom is -0.481 e. The second-order valence-corrected chi connectivity index (χ2v) is 25.9. The summed E-state index contributed by atoms with van der Waals surface area (Å²) in [6.45, 7) is 1.83. The van der Waals surface area contributed by atoms with Crippen LogP contribution >= 0.6 is 0 Å². The van der Waals surface area contributed by atoms with Crippen LogP contribution in [0.4, 0.5) is 39.5 Å².